The Morgan fingerprint density at radius 2 is 1.61 bits per heavy atom. The fourth-order valence-electron chi connectivity index (χ4n) is 2.59. The van der Waals surface area contributed by atoms with E-state index in [4.69, 9.17) is 0 Å². The number of carbonyl (C=O) groups is 1. The van der Waals surface area contributed by atoms with Gasteiger partial charge in [-0.25, -0.2) is 12.8 Å². The molecule has 0 spiro atoms. The maximum atomic E-state index is 13.0. The molecule has 0 aliphatic heterocycles. The zero-order chi connectivity index (χ0) is 20.3. The molecular weight excluding hydrogens is 379 g/mol. The Morgan fingerprint density at radius 3 is 2.25 bits per heavy atom. The van der Waals surface area contributed by atoms with Gasteiger partial charge in [0.15, 0.2) is 0 Å². The fraction of sp³-hybridized carbons (Fsp3) is 0.0952. The van der Waals surface area contributed by atoms with Gasteiger partial charge in [0.2, 0.25) is 0 Å². The van der Waals surface area contributed by atoms with Crippen LogP contribution in [0.2, 0.25) is 0 Å². The number of nitrogens with zero attached hydrogens (tertiary/aromatic N) is 1. The Bertz CT molecular complexity index is 1100. The maximum Gasteiger partial charge on any atom is 0.264 e. The van der Waals surface area contributed by atoms with E-state index in [9.17, 15) is 17.6 Å². The van der Waals surface area contributed by atoms with Crippen LogP contribution in [0.3, 0.4) is 0 Å². The van der Waals surface area contributed by atoms with Gasteiger partial charge < -0.3 is 5.32 Å². The second-order valence-corrected chi connectivity index (χ2v) is 8.27. The first-order valence-corrected chi connectivity index (χ1v) is 9.94. The quantitative estimate of drug-likeness (QED) is 0.700. The summed E-state index contributed by atoms with van der Waals surface area (Å²) in [7, 11) is -2.32. The number of rotatable bonds is 5. The average Bonchev–Trinajstić information content (AvgIpc) is 2.69. The summed E-state index contributed by atoms with van der Waals surface area (Å²) in [5, 5.41) is 2.65. The van der Waals surface area contributed by atoms with Gasteiger partial charge in [0.1, 0.15) is 5.82 Å². The van der Waals surface area contributed by atoms with Crippen molar-refractivity contribution in [2.24, 2.45) is 0 Å². The zero-order valence-corrected chi connectivity index (χ0v) is 16.2. The van der Waals surface area contributed by atoms with Crippen molar-refractivity contribution in [3.63, 3.8) is 0 Å². The van der Waals surface area contributed by atoms with E-state index in [-0.39, 0.29) is 10.5 Å². The summed E-state index contributed by atoms with van der Waals surface area (Å²) in [6.07, 6.45) is 0. The van der Waals surface area contributed by atoms with Crippen LogP contribution in [0.1, 0.15) is 15.9 Å². The third-order valence-electron chi connectivity index (χ3n) is 4.25. The molecule has 0 bridgehead atoms. The Hall–Kier alpha value is -3.19. The van der Waals surface area contributed by atoms with Gasteiger partial charge in [0, 0.05) is 18.3 Å². The van der Waals surface area contributed by atoms with Crippen molar-refractivity contribution < 1.29 is 17.6 Å². The van der Waals surface area contributed by atoms with Crippen molar-refractivity contribution >= 4 is 27.3 Å². The molecule has 7 heteroatoms. The number of carbonyl (C=O) groups excluding carboxylic acids is 1. The second kappa shape index (κ2) is 7.82. The summed E-state index contributed by atoms with van der Waals surface area (Å²) < 4.78 is 39.8. The first kappa shape index (κ1) is 19.6. The Labute approximate surface area is 163 Å². The van der Waals surface area contributed by atoms with Gasteiger partial charge in [-0.05, 0) is 61.5 Å². The van der Waals surface area contributed by atoms with E-state index in [2.05, 4.69) is 5.32 Å². The Morgan fingerprint density at radius 1 is 0.964 bits per heavy atom. The molecule has 0 unspecified atom stereocenters. The topological polar surface area (TPSA) is 66.5 Å². The summed E-state index contributed by atoms with van der Waals surface area (Å²) in [6.45, 7) is 1.88. The number of sulfonamides is 1. The van der Waals surface area contributed by atoms with Gasteiger partial charge in [0.25, 0.3) is 15.9 Å². The van der Waals surface area contributed by atoms with E-state index < -0.39 is 21.7 Å². The number of amides is 1. The second-order valence-electron chi connectivity index (χ2n) is 6.30. The third-order valence-corrected chi connectivity index (χ3v) is 6.05. The molecule has 1 N–H and O–H groups in total. The minimum Gasteiger partial charge on any atom is -0.322 e. The standard InChI is InChI=1S/C21H19FN2O3S/c1-15-6-12-20(13-7-15)28(26,27)24(2)19-5-3-4-16(14-19)21(25)23-18-10-8-17(22)9-11-18/h3-14H,1-2H3,(H,23,25). The Kier molecular flexibility index (Phi) is 5.46. The van der Waals surface area contributed by atoms with Crippen LogP contribution in [-0.4, -0.2) is 21.4 Å². The van der Waals surface area contributed by atoms with Crippen LogP contribution in [0, 0.1) is 12.7 Å². The van der Waals surface area contributed by atoms with E-state index in [1.54, 1.807) is 42.5 Å². The molecular formula is C21H19FN2O3S. The fourth-order valence-corrected chi connectivity index (χ4v) is 3.77. The number of benzene rings is 3. The molecule has 0 heterocycles. The number of hydrogen-bond acceptors (Lipinski definition) is 3. The number of nitrogens with one attached hydrogen (secondary N) is 1. The lowest BCUT2D eigenvalue weighted by Crippen LogP contribution is -2.26. The van der Waals surface area contributed by atoms with Crippen molar-refractivity contribution in [1.82, 2.24) is 0 Å². The van der Waals surface area contributed by atoms with Crippen molar-refractivity contribution in [3.8, 4) is 0 Å². The predicted molar refractivity (Wildman–Crippen MR) is 108 cm³/mol. The van der Waals surface area contributed by atoms with Crippen LogP contribution >= 0.6 is 0 Å². The normalized spacial score (nSPS) is 11.1. The molecule has 0 aliphatic rings. The van der Waals surface area contributed by atoms with Crippen molar-refractivity contribution in [2.45, 2.75) is 11.8 Å². The highest BCUT2D eigenvalue weighted by Crippen LogP contribution is 2.23. The van der Waals surface area contributed by atoms with Crippen LogP contribution in [0.25, 0.3) is 0 Å². The number of hydrogen-bond donors (Lipinski definition) is 1. The lowest BCUT2D eigenvalue weighted by molar-refractivity contribution is 0.102. The highest BCUT2D eigenvalue weighted by Gasteiger charge is 2.22. The van der Waals surface area contributed by atoms with Gasteiger partial charge in [0.05, 0.1) is 10.6 Å². The number of halogens is 1. The van der Waals surface area contributed by atoms with E-state index >= 15 is 0 Å². The molecule has 0 atom stereocenters. The molecule has 144 valence electrons. The molecule has 1 amide bonds. The van der Waals surface area contributed by atoms with Crippen LogP contribution in [0.4, 0.5) is 15.8 Å². The molecule has 0 fully saturated rings. The number of aryl methyl sites for hydroxylation is 1. The molecule has 28 heavy (non-hydrogen) atoms. The van der Waals surface area contributed by atoms with Crippen LogP contribution in [-0.2, 0) is 10.0 Å². The summed E-state index contributed by atoms with van der Waals surface area (Å²) in [5.74, 6) is -0.822. The SMILES string of the molecule is Cc1ccc(S(=O)(=O)N(C)c2cccc(C(=O)Nc3ccc(F)cc3)c2)cc1. The molecule has 0 aliphatic carbocycles. The van der Waals surface area contributed by atoms with Gasteiger partial charge in [-0.15, -0.1) is 0 Å². The summed E-state index contributed by atoms with van der Waals surface area (Å²) in [4.78, 5) is 12.6. The minimum absolute atomic E-state index is 0.168. The monoisotopic (exact) mass is 398 g/mol. The highest BCUT2D eigenvalue weighted by atomic mass is 32.2. The number of anilines is 2. The zero-order valence-electron chi connectivity index (χ0n) is 15.4. The Balaban J connectivity index is 1.84. The van der Waals surface area contributed by atoms with Crippen LogP contribution < -0.4 is 9.62 Å². The molecule has 3 aromatic rings. The van der Waals surface area contributed by atoms with Gasteiger partial charge in [-0.3, -0.25) is 9.10 Å². The predicted octanol–water partition coefficient (Wildman–Crippen LogP) is 4.21. The molecule has 0 saturated heterocycles. The highest BCUT2D eigenvalue weighted by molar-refractivity contribution is 7.92. The van der Waals surface area contributed by atoms with Crippen molar-refractivity contribution in [2.75, 3.05) is 16.7 Å². The third kappa shape index (κ3) is 4.20. The largest absolute Gasteiger partial charge is 0.322 e. The van der Waals surface area contributed by atoms with Gasteiger partial charge >= 0.3 is 0 Å². The first-order valence-electron chi connectivity index (χ1n) is 8.50. The van der Waals surface area contributed by atoms with Crippen LogP contribution in [0.5, 0.6) is 0 Å². The summed E-state index contributed by atoms with van der Waals surface area (Å²) >= 11 is 0. The van der Waals surface area contributed by atoms with Gasteiger partial charge in [-0.1, -0.05) is 23.8 Å². The molecule has 0 saturated carbocycles. The maximum absolute atomic E-state index is 13.0. The van der Waals surface area contributed by atoms with Crippen molar-refractivity contribution in [1.29, 1.82) is 0 Å². The van der Waals surface area contributed by atoms with E-state index in [1.165, 1.54) is 37.4 Å². The molecule has 3 aromatic carbocycles. The summed E-state index contributed by atoms with van der Waals surface area (Å²) in [5.41, 5.74) is 2.04. The average molecular weight is 398 g/mol. The summed E-state index contributed by atoms with van der Waals surface area (Å²) in [6, 6.07) is 18.2. The van der Waals surface area contributed by atoms with E-state index in [0.29, 0.717) is 11.4 Å². The first-order chi connectivity index (χ1) is 13.3. The van der Waals surface area contributed by atoms with E-state index in [0.717, 1.165) is 9.87 Å². The molecule has 0 radical (unpaired) electrons. The van der Waals surface area contributed by atoms with Crippen molar-refractivity contribution in [3.05, 3.63) is 89.7 Å². The smallest absolute Gasteiger partial charge is 0.264 e. The van der Waals surface area contributed by atoms with E-state index in [1.807, 2.05) is 6.92 Å². The lowest BCUT2D eigenvalue weighted by Gasteiger charge is -2.20. The lowest BCUT2D eigenvalue weighted by atomic mass is 10.2. The molecule has 0 aromatic heterocycles. The van der Waals surface area contributed by atoms with Gasteiger partial charge in [-0.2, -0.15) is 0 Å². The van der Waals surface area contributed by atoms with Crippen LogP contribution in [0.15, 0.2) is 77.7 Å². The minimum atomic E-state index is -3.75. The molecule has 5 nitrogen and oxygen atoms in total. The molecule has 3 rings (SSSR count).